The maximum Gasteiger partial charge on any atom is 0.0735 e. The molecular formula is C22H26N2OS. The van der Waals surface area contributed by atoms with Gasteiger partial charge in [-0.05, 0) is 68.6 Å². The predicted octanol–water partition coefficient (Wildman–Crippen LogP) is 4.92. The largest absolute Gasteiger partial charge is 0.372 e. The Balaban J connectivity index is 1.34. The normalized spacial score (nSPS) is 26.5. The molecule has 2 aromatic rings. The number of hydrogen-bond acceptors (Lipinski definition) is 4. The van der Waals surface area contributed by atoms with Crippen LogP contribution in [0.5, 0.6) is 0 Å². The summed E-state index contributed by atoms with van der Waals surface area (Å²) >= 11 is 1.88. The summed E-state index contributed by atoms with van der Waals surface area (Å²) in [5.74, 6) is 0.773. The Morgan fingerprint density at radius 3 is 2.62 bits per heavy atom. The van der Waals surface area contributed by atoms with Gasteiger partial charge in [-0.2, -0.15) is 0 Å². The fraction of sp³-hybridized carbons (Fsp3) is 0.455. The number of anilines is 2. The molecule has 2 bridgehead atoms. The van der Waals surface area contributed by atoms with Crippen LogP contribution in [0.4, 0.5) is 11.4 Å². The number of para-hydroxylation sites is 1. The van der Waals surface area contributed by atoms with E-state index >= 15 is 0 Å². The number of ether oxygens (including phenoxy) is 1. The van der Waals surface area contributed by atoms with Gasteiger partial charge in [-0.1, -0.05) is 30.0 Å². The van der Waals surface area contributed by atoms with Crippen molar-refractivity contribution in [3.63, 3.8) is 0 Å². The van der Waals surface area contributed by atoms with E-state index in [9.17, 15) is 0 Å². The number of hydrogen-bond donors (Lipinski definition) is 0. The molecule has 0 aliphatic carbocycles. The molecule has 0 spiro atoms. The van der Waals surface area contributed by atoms with Gasteiger partial charge in [0.2, 0.25) is 0 Å². The van der Waals surface area contributed by atoms with Gasteiger partial charge in [0, 0.05) is 22.9 Å². The van der Waals surface area contributed by atoms with Gasteiger partial charge in [-0.15, -0.1) is 0 Å². The molecule has 6 rings (SSSR count). The summed E-state index contributed by atoms with van der Waals surface area (Å²) in [6, 6.07) is 15.6. The first-order chi connectivity index (χ1) is 12.8. The quantitative estimate of drug-likeness (QED) is 0.763. The van der Waals surface area contributed by atoms with Crippen molar-refractivity contribution in [3.8, 4) is 0 Å². The number of piperidine rings is 3. The standard InChI is InChI=1S/C22H26N2OS/c1-2-24-18-5-3-4-6-21(18)26-22-13-16(7-8-19(22)24)15-25-20-14-23-11-9-17(20)10-12-23/h3-8,13,17,20H,2,9-12,14-15H2,1H3/t20-/m0/s1. The predicted molar refractivity (Wildman–Crippen MR) is 107 cm³/mol. The van der Waals surface area contributed by atoms with Gasteiger partial charge in [-0.3, -0.25) is 0 Å². The summed E-state index contributed by atoms with van der Waals surface area (Å²) < 4.78 is 6.35. The second-order valence-electron chi connectivity index (χ2n) is 7.60. The SMILES string of the molecule is CCN1c2ccccc2Sc2cc(CO[C@H]3CN4CCC3CC4)ccc21. The summed E-state index contributed by atoms with van der Waals surface area (Å²) in [6.45, 7) is 7.61. The van der Waals surface area contributed by atoms with Crippen molar-refractivity contribution in [2.24, 2.45) is 5.92 Å². The zero-order valence-corrected chi connectivity index (χ0v) is 16.2. The van der Waals surface area contributed by atoms with Crippen LogP contribution in [0.2, 0.25) is 0 Å². The highest BCUT2D eigenvalue weighted by Crippen LogP contribution is 2.48. The summed E-state index contributed by atoms with van der Waals surface area (Å²) in [7, 11) is 0. The first-order valence-corrected chi connectivity index (χ1v) is 10.6. The molecule has 4 heteroatoms. The minimum absolute atomic E-state index is 0.425. The Hall–Kier alpha value is -1.49. The summed E-state index contributed by atoms with van der Waals surface area (Å²) in [5, 5.41) is 0. The van der Waals surface area contributed by atoms with Gasteiger partial charge in [0.05, 0.1) is 24.1 Å². The molecule has 0 radical (unpaired) electrons. The van der Waals surface area contributed by atoms with Gasteiger partial charge < -0.3 is 14.5 Å². The Labute approximate surface area is 160 Å². The van der Waals surface area contributed by atoms with E-state index in [1.807, 2.05) is 11.8 Å². The number of nitrogens with zero attached hydrogens (tertiary/aromatic N) is 2. The van der Waals surface area contributed by atoms with Crippen molar-refractivity contribution in [2.45, 2.75) is 42.3 Å². The topological polar surface area (TPSA) is 15.7 Å². The first-order valence-electron chi connectivity index (χ1n) is 9.83. The molecule has 136 valence electrons. The van der Waals surface area contributed by atoms with E-state index in [0.29, 0.717) is 6.10 Å². The van der Waals surface area contributed by atoms with E-state index in [1.165, 1.54) is 52.7 Å². The van der Waals surface area contributed by atoms with Crippen molar-refractivity contribution in [2.75, 3.05) is 31.1 Å². The Kier molecular flexibility index (Phi) is 4.43. The molecule has 3 nitrogen and oxygen atoms in total. The Morgan fingerprint density at radius 2 is 1.85 bits per heavy atom. The molecule has 4 heterocycles. The van der Waals surface area contributed by atoms with Crippen LogP contribution in [0.3, 0.4) is 0 Å². The molecule has 4 aliphatic heterocycles. The minimum atomic E-state index is 0.425. The lowest BCUT2D eigenvalue weighted by molar-refractivity contribution is -0.0766. The fourth-order valence-corrected chi connectivity index (χ4v) is 5.77. The lowest BCUT2D eigenvalue weighted by atomic mass is 9.86. The lowest BCUT2D eigenvalue weighted by Crippen LogP contribution is -2.51. The molecule has 3 saturated heterocycles. The lowest BCUT2D eigenvalue weighted by Gasteiger charge is -2.44. The second-order valence-corrected chi connectivity index (χ2v) is 8.69. The number of fused-ring (bicyclic) bond motifs is 5. The fourth-order valence-electron chi connectivity index (χ4n) is 4.61. The minimum Gasteiger partial charge on any atom is -0.372 e. The van der Waals surface area contributed by atoms with E-state index in [2.05, 4.69) is 59.2 Å². The third-order valence-corrected chi connectivity index (χ3v) is 7.18. The maximum atomic E-state index is 6.35. The van der Waals surface area contributed by atoms with Gasteiger partial charge in [0.1, 0.15) is 0 Å². The molecule has 4 aliphatic rings. The second kappa shape index (κ2) is 6.91. The number of rotatable bonds is 4. The van der Waals surface area contributed by atoms with E-state index in [0.717, 1.165) is 25.6 Å². The third-order valence-electron chi connectivity index (χ3n) is 6.07. The molecule has 0 saturated carbocycles. The Bertz CT molecular complexity index is 800. The smallest absolute Gasteiger partial charge is 0.0735 e. The van der Waals surface area contributed by atoms with E-state index in [-0.39, 0.29) is 0 Å². The van der Waals surface area contributed by atoms with Gasteiger partial charge in [0.15, 0.2) is 0 Å². The van der Waals surface area contributed by atoms with Crippen LogP contribution < -0.4 is 4.90 Å². The highest BCUT2D eigenvalue weighted by Gasteiger charge is 2.34. The van der Waals surface area contributed by atoms with Crippen molar-refractivity contribution < 1.29 is 4.74 Å². The van der Waals surface area contributed by atoms with Crippen LogP contribution in [-0.4, -0.2) is 37.2 Å². The van der Waals surface area contributed by atoms with Gasteiger partial charge in [0.25, 0.3) is 0 Å². The molecule has 0 aromatic heterocycles. The van der Waals surface area contributed by atoms with Crippen molar-refractivity contribution in [3.05, 3.63) is 48.0 Å². The highest BCUT2D eigenvalue weighted by molar-refractivity contribution is 7.99. The zero-order chi connectivity index (χ0) is 17.5. The van der Waals surface area contributed by atoms with E-state index in [4.69, 9.17) is 4.74 Å². The van der Waals surface area contributed by atoms with Gasteiger partial charge >= 0.3 is 0 Å². The molecule has 1 atom stereocenters. The molecule has 0 amide bonds. The van der Waals surface area contributed by atoms with Crippen LogP contribution in [0, 0.1) is 5.92 Å². The van der Waals surface area contributed by atoms with Gasteiger partial charge in [-0.25, -0.2) is 0 Å². The molecule has 2 aromatic carbocycles. The zero-order valence-electron chi connectivity index (χ0n) is 15.4. The van der Waals surface area contributed by atoms with E-state index in [1.54, 1.807) is 0 Å². The average molecular weight is 367 g/mol. The summed E-state index contributed by atoms with van der Waals surface area (Å²) in [4.78, 5) is 7.67. The van der Waals surface area contributed by atoms with Crippen molar-refractivity contribution in [1.29, 1.82) is 0 Å². The molecule has 26 heavy (non-hydrogen) atoms. The first kappa shape index (κ1) is 16.7. The van der Waals surface area contributed by atoms with Crippen molar-refractivity contribution >= 4 is 23.1 Å². The molecular weight excluding hydrogens is 340 g/mol. The van der Waals surface area contributed by atoms with E-state index < -0.39 is 0 Å². The van der Waals surface area contributed by atoms with Crippen LogP contribution in [0.25, 0.3) is 0 Å². The van der Waals surface area contributed by atoms with Crippen LogP contribution in [-0.2, 0) is 11.3 Å². The van der Waals surface area contributed by atoms with Crippen LogP contribution >= 0.6 is 11.8 Å². The van der Waals surface area contributed by atoms with Crippen LogP contribution in [0.15, 0.2) is 52.3 Å². The maximum absolute atomic E-state index is 6.35. The average Bonchev–Trinajstić information content (AvgIpc) is 2.71. The highest BCUT2D eigenvalue weighted by atomic mass is 32.2. The monoisotopic (exact) mass is 366 g/mol. The number of benzene rings is 2. The summed E-state index contributed by atoms with van der Waals surface area (Å²) in [5.41, 5.74) is 3.94. The molecule has 0 N–H and O–H groups in total. The third kappa shape index (κ3) is 2.94. The molecule has 3 fully saturated rings. The summed E-state index contributed by atoms with van der Waals surface area (Å²) in [6.07, 6.45) is 3.05. The Morgan fingerprint density at radius 1 is 1.04 bits per heavy atom. The van der Waals surface area contributed by atoms with Crippen molar-refractivity contribution in [1.82, 2.24) is 4.90 Å². The van der Waals surface area contributed by atoms with Crippen LogP contribution in [0.1, 0.15) is 25.3 Å². The molecule has 0 unspecified atom stereocenters.